The number of nitrogens with one attached hydrogen (secondary N) is 1. The lowest BCUT2D eigenvalue weighted by Crippen LogP contribution is -2.60. The first-order valence-electron chi connectivity index (χ1n) is 12.0. The Balaban J connectivity index is 1.32. The Labute approximate surface area is 185 Å². The Kier molecular flexibility index (Phi) is 4.98. The number of likely N-dealkylation sites (N-methyl/N-ethyl adjacent to an activating group) is 1. The van der Waals surface area contributed by atoms with Gasteiger partial charge >= 0.3 is 0 Å². The lowest BCUT2D eigenvalue weighted by atomic mass is 9.48. The maximum absolute atomic E-state index is 12.8. The number of fused-ring (bicyclic) bond motifs is 5. The van der Waals surface area contributed by atoms with E-state index in [4.69, 9.17) is 0 Å². The van der Waals surface area contributed by atoms with Crippen molar-refractivity contribution in [2.45, 2.75) is 70.9 Å². The largest absolute Gasteiger partial charge is 0.353 e. The van der Waals surface area contributed by atoms with Gasteiger partial charge in [-0.15, -0.1) is 0 Å². The molecule has 1 aromatic heterocycles. The molecule has 1 N–H and O–H groups in total. The molecule has 3 fully saturated rings. The van der Waals surface area contributed by atoms with E-state index in [0.717, 1.165) is 24.8 Å². The molecule has 7 atom stereocenters. The molecule has 0 unspecified atom stereocenters. The topological polar surface area (TPSA) is 62.3 Å². The normalized spacial score (nSPS) is 41.3. The lowest BCUT2D eigenvalue weighted by Gasteiger charge is -2.60. The summed E-state index contributed by atoms with van der Waals surface area (Å²) < 4.78 is 0. The van der Waals surface area contributed by atoms with Gasteiger partial charge in [-0.25, -0.2) is 0 Å². The summed E-state index contributed by atoms with van der Waals surface area (Å²) in [5.74, 6) is 2.24. The summed E-state index contributed by atoms with van der Waals surface area (Å²) in [5.41, 5.74) is 1.22. The van der Waals surface area contributed by atoms with Gasteiger partial charge in [0.15, 0.2) is 0 Å². The lowest BCUT2D eigenvalue weighted by molar-refractivity contribution is -0.138. The van der Waals surface area contributed by atoms with E-state index in [2.05, 4.69) is 30.2 Å². The molecule has 0 spiro atoms. The maximum Gasteiger partial charge on any atom is 0.246 e. The van der Waals surface area contributed by atoms with Crippen LogP contribution in [0.3, 0.4) is 0 Å². The van der Waals surface area contributed by atoms with Crippen LogP contribution in [-0.2, 0) is 16.0 Å². The second kappa shape index (κ2) is 7.46. The van der Waals surface area contributed by atoms with Crippen molar-refractivity contribution in [2.24, 2.45) is 28.6 Å². The molecule has 166 valence electrons. The third-order valence-corrected chi connectivity index (χ3v) is 9.55. The molecule has 3 aliphatic carbocycles. The van der Waals surface area contributed by atoms with Gasteiger partial charge in [-0.05, 0) is 79.4 Å². The van der Waals surface area contributed by atoms with Crippen LogP contribution in [0.5, 0.6) is 0 Å². The number of hydrogen-bond acceptors (Lipinski definition) is 3. The summed E-state index contributed by atoms with van der Waals surface area (Å²) in [7, 11) is 1.98. The molecule has 3 saturated carbocycles. The first-order valence-corrected chi connectivity index (χ1v) is 12.0. The van der Waals surface area contributed by atoms with Crippen LogP contribution in [0.25, 0.3) is 0 Å². The Bertz CT molecular complexity index is 899. The molecular weight excluding hydrogens is 386 g/mol. The van der Waals surface area contributed by atoms with E-state index in [1.54, 1.807) is 12.4 Å². The zero-order valence-corrected chi connectivity index (χ0v) is 19.0. The molecule has 0 aromatic carbocycles. The van der Waals surface area contributed by atoms with Crippen molar-refractivity contribution in [2.75, 3.05) is 7.05 Å². The van der Waals surface area contributed by atoms with E-state index in [1.807, 2.05) is 30.2 Å². The van der Waals surface area contributed by atoms with Crippen LogP contribution in [0.2, 0.25) is 0 Å². The van der Waals surface area contributed by atoms with E-state index in [9.17, 15) is 9.59 Å². The van der Waals surface area contributed by atoms with Crippen LogP contribution in [-0.4, -0.2) is 40.8 Å². The molecule has 2 amide bonds. The molecule has 0 radical (unpaired) electrons. The average Bonchev–Trinajstić information content (AvgIpc) is 3.08. The van der Waals surface area contributed by atoms with Gasteiger partial charge in [-0.2, -0.15) is 0 Å². The summed E-state index contributed by atoms with van der Waals surface area (Å²) in [6.07, 6.45) is 14.9. The van der Waals surface area contributed by atoms with E-state index in [0.29, 0.717) is 30.2 Å². The van der Waals surface area contributed by atoms with Gasteiger partial charge in [0.2, 0.25) is 11.8 Å². The number of aromatic nitrogens is 1. The van der Waals surface area contributed by atoms with Gasteiger partial charge in [0.25, 0.3) is 0 Å². The minimum atomic E-state index is 0.0779. The van der Waals surface area contributed by atoms with Gasteiger partial charge in [0.1, 0.15) is 0 Å². The Morgan fingerprint density at radius 2 is 2.03 bits per heavy atom. The standard InChI is InChI=1S/C26H35N3O2/c1-25-12-10-20-18(6-9-22-26(20,2)13-11-24(31)29(22)3)19(25)7-8-21(25)28-23(30)15-17-5-4-14-27-16-17/h4-5,11,13-14,16,18-22H,6-10,12,15H2,1-3H3,(H,28,30)/t18-,19-,20-,21-,22+,25-,26+/m0/s1. The van der Waals surface area contributed by atoms with E-state index in [1.165, 1.54) is 19.3 Å². The zero-order chi connectivity index (χ0) is 21.8. The molecule has 2 heterocycles. The van der Waals surface area contributed by atoms with Gasteiger partial charge < -0.3 is 10.2 Å². The first-order chi connectivity index (χ1) is 14.8. The van der Waals surface area contributed by atoms with Gasteiger partial charge in [0.05, 0.1) is 6.42 Å². The van der Waals surface area contributed by atoms with Gasteiger partial charge in [-0.3, -0.25) is 14.6 Å². The van der Waals surface area contributed by atoms with Crippen molar-refractivity contribution in [3.8, 4) is 0 Å². The molecule has 1 aliphatic heterocycles. The van der Waals surface area contributed by atoms with Gasteiger partial charge in [0, 0.05) is 36.9 Å². The number of amides is 2. The molecule has 0 bridgehead atoms. The zero-order valence-electron chi connectivity index (χ0n) is 19.0. The summed E-state index contributed by atoms with van der Waals surface area (Å²) in [5, 5.41) is 3.41. The number of nitrogens with zero attached hydrogens (tertiary/aromatic N) is 2. The molecule has 5 rings (SSSR count). The first kappa shape index (κ1) is 20.7. The van der Waals surface area contributed by atoms with Crippen molar-refractivity contribution in [1.29, 1.82) is 0 Å². The highest BCUT2D eigenvalue weighted by molar-refractivity contribution is 5.89. The number of rotatable bonds is 3. The summed E-state index contributed by atoms with van der Waals surface area (Å²) in [4.78, 5) is 31.2. The van der Waals surface area contributed by atoms with Crippen molar-refractivity contribution < 1.29 is 9.59 Å². The molecular formula is C26H35N3O2. The predicted molar refractivity (Wildman–Crippen MR) is 120 cm³/mol. The fraction of sp³-hybridized carbons (Fsp3) is 0.654. The van der Waals surface area contributed by atoms with Crippen LogP contribution in [0, 0.1) is 28.6 Å². The number of hydrogen-bond donors (Lipinski definition) is 1. The van der Waals surface area contributed by atoms with Crippen molar-refractivity contribution in [1.82, 2.24) is 15.2 Å². The van der Waals surface area contributed by atoms with Crippen molar-refractivity contribution in [3.05, 3.63) is 42.2 Å². The predicted octanol–water partition coefficient (Wildman–Crippen LogP) is 3.75. The van der Waals surface area contributed by atoms with E-state index < -0.39 is 0 Å². The second-order valence-electron chi connectivity index (χ2n) is 10.9. The third-order valence-electron chi connectivity index (χ3n) is 9.55. The van der Waals surface area contributed by atoms with Crippen LogP contribution in [0.15, 0.2) is 36.7 Å². The second-order valence-corrected chi connectivity index (χ2v) is 10.9. The molecule has 1 aromatic rings. The molecule has 5 heteroatoms. The minimum absolute atomic E-state index is 0.0779. The molecule has 31 heavy (non-hydrogen) atoms. The number of pyridine rings is 1. The van der Waals surface area contributed by atoms with E-state index in [-0.39, 0.29) is 28.7 Å². The van der Waals surface area contributed by atoms with E-state index >= 15 is 0 Å². The fourth-order valence-electron chi connectivity index (χ4n) is 7.91. The molecule has 0 saturated heterocycles. The van der Waals surface area contributed by atoms with Crippen molar-refractivity contribution in [3.63, 3.8) is 0 Å². The average molecular weight is 422 g/mol. The quantitative estimate of drug-likeness (QED) is 0.809. The monoisotopic (exact) mass is 421 g/mol. The Morgan fingerprint density at radius 3 is 2.81 bits per heavy atom. The van der Waals surface area contributed by atoms with Crippen LogP contribution >= 0.6 is 0 Å². The van der Waals surface area contributed by atoms with Crippen LogP contribution < -0.4 is 5.32 Å². The highest BCUT2D eigenvalue weighted by atomic mass is 16.2. The molecule has 4 aliphatic rings. The van der Waals surface area contributed by atoms with Crippen LogP contribution in [0.1, 0.15) is 57.9 Å². The Hall–Kier alpha value is -2.17. The fourth-order valence-corrected chi connectivity index (χ4v) is 7.91. The van der Waals surface area contributed by atoms with Crippen molar-refractivity contribution >= 4 is 11.8 Å². The summed E-state index contributed by atoms with van der Waals surface area (Å²) in [6.45, 7) is 4.81. The SMILES string of the molecule is CN1C(=O)C=C[C@]2(C)[C@H]3CC[C@]4(C)[C@@H](NC(=O)Cc5cccnc5)CC[C@H]4[C@@H]3CC[C@@H]12. The smallest absolute Gasteiger partial charge is 0.246 e. The van der Waals surface area contributed by atoms with Crippen LogP contribution in [0.4, 0.5) is 0 Å². The highest BCUT2D eigenvalue weighted by Gasteiger charge is 2.60. The third kappa shape index (κ3) is 3.23. The number of carbonyl (C=O) groups excluding carboxylic acids is 2. The van der Waals surface area contributed by atoms with Gasteiger partial charge in [-0.1, -0.05) is 26.0 Å². The number of carbonyl (C=O) groups is 2. The highest BCUT2D eigenvalue weighted by Crippen LogP contribution is 2.63. The molecule has 5 nitrogen and oxygen atoms in total. The Morgan fingerprint density at radius 1 is 1.19 bits per heavy atom. The summed E-state index contributed by atoms with van der Waals surface area (Å²) in [6, 6.07) is 4.44. The minimum Gasteiger partial charge on any atom is -0.353 e. The summed E-state index contributed by atoms with van der Waals surface area (Å²) >= 11 is 0. The maximum atomic E-state index is 12.8.